The van der Waals surface area contributed by atoms with E-state index in [-0.39, 0.29) is 12.3 Å². The number of piperazine rings is 1. The Balaban J connectivity index is 2.10. The molecule has 0 aliphatic carbocycles. The minimum atomic E-state index is 0.0991. The molecule has 2 N–H and O–H groups in total. The molecule has 0 unspecified atom stereocenters. The van der Waals surface area contributed by atoms with Gasteiger partial charge in [-0.05, 0) is 18.7 Å². The lowest BCUT2D eigenvalue weighted by Crippen LogP contribution is -2.47. The van der Waals surface area contributed by atoms with Crippen LogP contribution in [0.3, 0.4) is 0 Å². The zero-order chi connectivity index (χ0) is 15.4. The summed E-state index contributed by atoms with van der Waals surface area (Å²) in [6.45, 7) is 3.35. The molecule has 1 aliphatic rings. The van der Waals surface area contributed by atoms with Gasteiger partial charge in [0.1, 0.15) is 0 Å². The van der Waals surface area contributed by atoms with E-state index in [4.69, 9.17) is 15.2 Å². The first-order chi connectivity index (χ1) is 10.0. The number of nitrogens with two attached hydrogens (primary N) is 1. The highest BCUT2D eigenvalue weighted by atomic mass is 16.5. The van der Waals surface area contributed by atoms with Crippen molar-refractivity contribution in [3.8, 4) is 11.5 Å². The third kappa shape index (κ3) is 3.58. The number of carbonyl (C=O) groups excluding carboxylic acids is 1. The van der Waals surface area contributed by atoms with Crippen molar-refractivity contribution in [2.24, 2.45) is 0 Å². The fourth-order valence-electron chi connectivity index (χ4n) is 2.42. The van der Waals surface area contributed by atoms with E-state index in [2.05, 4.69) is 11.9 Å². The maximum absolute atomic E-state index is 12.4. The maximum atomic E-state index is 12.4. The number of nitrogens with zero attached hydrogens (tertiary/aromatic N) is 2. The van der Waals surface area contributed by atoms with E-state index in [1.54, 1.807) is 26.4 Å². The fraction of sp³-hybridized carbons (Fsp3) is 0.533. The number of hydrogen-bond donors (Lipinski definition) is 1. The summed E-state index contributed by atoms with van der Waals surface area (Å²) in [4.78, 5) is 16.5. The molecule has 0 spiro atoms. The van der Waals surface area contributed by atoms with Gasteiger partial charge in [0.15, 0.2) is 11.5 Å². The topological polar surface area (TPSA) is 68.0 Å². The molecule has 1 heterocycles. The number of methoxy groups -OCH3 is 2. The van der Waals surface area contributed by atoms with Crippen molar-refractivity contribution in [2.75, 3.05) is 53.2 Å². The quantitative estimate of drug-likeness (QED) is 0.824. The minimum absolute atomic E-state index is 0.0991. The third-order valence-electron chi connectivity index (χ3n) is 3.84. The lowest BCUT2D eigenvalue weighted by molar-refractivity contribution is -0.132. The average molecular weight is 293 g/mol. The molecule has 0 aromatic heterocycles. The van der Waals surface area contributed by atoms with Crippen LogP contribution in [0.2, 0.25) is 0 Å². The molecular formula is C15H23N3O3. The molecule has 2 rings (SSSR count). The van der Waals surface area contributed by atoms with Gasteiger partial charge < -0.3 is 25.0 Å². The summed E-state index contributed by atoms with van der Waals surface area (Å²) in [5.74, 6) is 1.26. The van der Waals surface area contributed by atoms with Gasteiger partial charge in [0.25, 0.3) is 0 Å². The minimum Gasteiger partial charge on any atom is -0.493 e. The second-order valence-electron chi connectivity index (χ2n) is 5.27. The van der Waals surface area contributed by atoms with Crippen LogP contribution in [-0.2, 0) is 11.2 Å². The average Bonchev–Trinajstić information content (AvgIpc) is 2.49. The lowest BCUT2D eigenvalue weighted by atomic mass is 10.1. The van der Waals surface area contributed by atoms with Crippen molar-refractivity contribution in [3.63, 3.8) is 0 Å². The Kier molecular flexibility index (Phi) is 4.90. The predicted octanol–water partition coefficient (Wildman–Crippen LogP) is 0.603. The van der Waals surface area contributed by atoms with E-state index in [1.807, 2.05) is 4.90 Å². The van der Waals surface area contributed by atoms with Crippen LogP contribution < -0.4 is 15.2 Å². The Morgan fingerprint density at radius 3 is 2.29 bits per heavy atom. The van der Waals surface area contributed by atoms with Gasteiger partial charge in [-0.2, -0.15) is 0 Å². The van der Waals surface area contributed by atoms with E-state index in [0.717, 1.165) is 31.7 Å². The molecule has 1 aliphatic heterocycles. The molecule has 1 fully saturated rings. The van der Waals surface area contributed by atoms with Crippen molar-refractivity contribution >= 4 is 11.6 Å². The number of likely N-dealkylation sites (N-methyl/N-ethyl adjacent to an activating group) is 1. The van der Waals surface area contributed by atoms with Gasteiger partial charge in [-0.15, -0.1) is 0 Å². The molecule has 6 nitrogen and oxygen atoms in total. The van der Waals surface area contributed by atoms with Gasteiger partial charge >= 0.3 is 0 Å². The first-order valence-corrected chi connectivity index (χ1v) is 7.02. The molecule has 0 atom stereocenters. The maximum Gasteiger partial charge on any atom is 0.227 e. The molecule has 1 amide bonds. The molecule has 21 heavy (non-hydrogen) atoms. The predicted molar refractivity (Wildman–Crippen MR) is 81.7 cm³/mol. The highest BCUT2D eigenvalue weighted by Crippen LogP contribution is 2.32. The normalized spacial score (nSPS) is 15.9. The fourth-order valence-corrected chi connectivity index (χ4v) is 2.42. The molecule has 0 saturated carbocycles. The third-order valence-corrected chi connectivity index (χ3v) is 3.84. The number of amides is 1. The Hall–Kier alpha value is -1.95. The van der Waals surface area contributed by atoms with Crippen LogP contribution in [-0.4, -0.2) is 63.2 Å². The zero-order valence-electron chi connectivity index (χ0n) is 12.9. The summed E-state index contributed by atoms with van der Waals surface area (Å²) < 4.78 is 10.5. The van der Waals surface area contributed by atoms with Crippen LogP contribution in [0.1, 0.15) is 5.56 Å². The number of rotatable bonds is 4. The summed E-state index contributed by atoms with van der Waals surface area (Å²) in [6, 6.07) is 3.48. The largest absolute Gasteiger partial charge is 0.493 e. The van der Waals surface area contributed by atoms with Gasteiger partial charge in [-0.25, -0.2) is 0 Å². The number of ether oxygens (including phenoxy) is 2. The molecule has 116 valence electrons. The van der Waals surface area contributed by atoms with Gasteiger partial charge in [-0.3, -0.25) is 4.79 Å². The first kappa shape index (κ1) is 15.4. The standard InChI is InChI=1S/C15H23N3O3/c1-17-4-6-18(7-5-17)15(19)9-11-8-13(20-2)14(21-3)10-12(11)16/h8,10H,4-7,9,16H2,1-3H3. The number of nitrogen functional groups attached to an aromatic ring is 1. The Morgan fingerprint density at radius 2 is 1.71 bits per heavy atom. The molecule has 0 bridgehead atoms. The molecule has 1 saturated heterocycles. The smallest absolute Gasteiger partial charge is 0.227 e. The van der Waals surface area contributed by atoms with Gasteiger partial charge in [0.05, 0.1) is 20.6 Å². The SMILES string of the molecule is COc1cc(N)c(CC(=O)N2CCN(C)CC2)cc1OC. The van der Waals surface area contributed by atoms with Gasteiger partial charge in [-0.1, -0.05) is 0 Å². The van der Waals surface area contributed by atoms with E-state index >= 15 is 0 Å². The van der Waals surface area contributed by atoms with E-state index in [1.165, 1.54) is 0 Å². The monoisotopic (exact) mass is 293 g/mol. The van der Waals surface area contributed by atoms with Crippen LogP contribution in [0.15, 0.2) is 12.1 Å². The second kappa shape index (κ2) is 6.67. The Bertz CT molecular complexity index is 511. The molecule has 1 aromatic rings. The molecular weight excluding hydrogens is 270 g/mol. The van der Waals surface area contributed by atoms with Crippen molar-refractivity contribution in [2.45, 2.75) is 6.42 Å². The number of anilines is 1. The molecule has 6 heteroatoms. The number of hydrogen-bond acceptors (Lipinski definition) is 5. The highest BCUT2D eigenvalue weighted by Gasteiger charge is 2.20. The highest BCUT2D eigenvalue weighted by molar-refractivity contribution is 5.81. The summed E-state index contributed by atoms with van der Waals surface area (Å²) >= 11 is 0. The number of benzene rings is 1. The van der Waals surface area contributed by atoms with Crippen LogP contribution in [0.25, 0.3) is 0 Å². The first-order valence-electron chi connectivity index (χ1n) is 7.02. The summed E-state index contributed by atoms with van der Waals surface area (Å²) in [6.07, 6.45) is 0.288. The van der Waals surface area contributed by atoms with Crippen molar-refractivity contribution < 1.29 is 14.3 Å². The van der Waals surface area contributed by atoms with Crippen LogP contribution >= 0.6 is 0 Å². The summed E-state index contributed by atoms with van der Waals surface area (Å²) in [7, 11) is 5.20. The van der Waals surface area contributed by atoms with Crippen molar-refractivity contribution in [1.29, 1.82) is 0 Å². The summed E-state index contributed by atoms with van der Waals surface area (Å²) in [5, 5.41) is 0. The molecule has 0 radical (unpaired) electrons. The second-order valence-corrected chi connectivity index (χ2v) is 5.27. The van der Waals surface area contributed by atoms with E-state index in [0.29, 0.717) is 17.2 Å². The lowest BCUT2D eigenvalue weighted by Gasteiger charge is -2.32. The van der Waals surface area contributed by atoms with Gasteiger partial charge in [0.2, 0.25) is 5.91 Å². The van der Waals surface area contributed by atoms with Crippen LogP contribution in [0.4, 0.5) is 5.69 Å². The molecule has 1 aromatic carbocycles. The Morgan fingerprint density at radius 1 is 1.14 bits per heavy atom. The van der Waals surface area contributed by atoms with Crippen LogP contribution in [0.5, 0.6) is 11.5 Å². The van der Waals surface area contributed by atoms with Gasteiger partial charge in [0, 0.05) is 37.9 Å². The summed E-state index contributed by atoms with van der Waals surface area (Å²) in [5.41, 5.74) is 7.33. The van der Waals surface area contributed by atoms with Crippen molar-refractivity contribution in [1.82, 2.24) is 9.80 Å². The zero-order valence-corrected chi connectivity index (χ0v) is 12.9. The van der Waals surface area contributed by atoms with Crippen LogP contribution in [0, 0.1) is 0 Å². The van der Waals surface area contributed by atoms with E-state index in [9.17, 15) is 4.79 Å². The number of carbonyl (C=O) groups is 1. The van der Waals surface area contributed by atoms with Crippen molar-refractivity contribution in [3.05, 3.63) is 17.7 Å². The Labute approximate surface area is 125 Å². The van der Waals surface area contributed by atoms with E-state index < -0.39 is 0 Å².